The van der Waals surface area contributed by atoms with Crippen LogP contribution in [0.5, 0.6) is 0 Å². The fourth-order valence-corrected chi connectivity index (χ4v) is 2.73. The number of nitrogens with zero attached hydrogens (tertiary/aromatic N) is 4. The van der Waals surface area contributed by atoms with Gasteiger partial charge in [0.05, 0.1) is 12.0 Å². The van der Waals surface area contributed by atoms with Crippen LogP contribution in [0.2, 0.25) is 0 Å². The molecule has 0 amide bonds. The number of likely N-dealkylation sites (N-methyl/N-ethyl adjacent to an activating group) is 2. The van der Waals surface area contributed by atoms with E-state index in [1.165, 1.54) is 0 Å². The highest BCUT2D eigenvalue weighted by atomic mass is 16.5. The second-order valence-corrected chi connectivity index (χ2v) is 6.08. The van der Waals surface area contributed by atoms with Crippen molar-refractivity contribution in [1.82, 2.24) is 19.9 Å². The van der Waals surface area contributed by atoms with Gasteiger partial charge in [0.1, 0.15) is 5.78 Å². The zero-order chi connectivity index (χ0) is 14.9. The molecule has 1 fully saturated rings. The molecule has 6 nitrogen and oxygen atoms in total. The van der Waals surface area contributed by atoms with Crippen molar-refractivity contribution < 1.29 is 9.32 Å². The molecule has 1 saturated heterocycles. The van der Waals surface area contributed by atoms with Gasteiger partial charge in [0.2, 0.25) is 5.89 Å². The summed E-state index contributed by atoms with van der Waals surface area (Å²) in [5.41, 5.74) is 0. The van der Waals surface area contributed by atoms with E-state index < -0.39 is 0 Å². The minimum absolute atomic E-state index is 0.0734. The Morgan fingerprint density at radius 3 is 2.65 bits per heavy atom. The summed E-state index contributed by atoms with van der Waals surface area (Å²) in [5.74, 6) is 1.06. The van der Waals surface area contributed by atoms with E-state index in [0.717, 1.165) is 19.6 Å². The second-order valence-electron chi connectivity index (χ2n) is 6.08. The van der Waals surface area contributed by atoms with Crippen LogP contribution >= 0.6 is 0 Å². The molecule has 0 N–H and O–H groups in total. The van der Waals surface area contributed by atoms with Crippen LogP contribution in [0.1, 0.15) is 44.4 Å². The van der Waals surface area contributed by atoms with Crippen molar-refractivity contribution in [2.45, 2.75) is 32.7 Å². The Morgan fingerprint density at radius 1 is 1.35 bits per heavy atom. The van der Waals surface area contributed by atoms with Gasteiger partial charge in [-0.25, -0.2) is 0 Å². The highest BCUT2D eigenvalue weighted by Crippen LogP contribution is 2.27. The molecule has 2 rings (SSSR count). The van der Waals surface area contributed by atoms with Crippen molar-refractivity contribution >= 4 is 5.78 Å². The molecule has 2 atom stereocenters. The third-order valence-electron chi connectivity index (χ3n) is 3.98. The minimum atomic E-state index is -0.303. The molecule has 2 heterocycles. The first-order valence-electron chi connectivity index (χ1n) is 7.13. The van der Waals surface area contributed by atoms with Crippen molar-refractivity contribution in [2.75, 3.05) is 33.7 Å². The lowest BCUT2D eigenvalue weighted by Gasteiger charge is -2.35. The van der Waals surface area contributed by atoms with Gasteiger partial charge in [-0.3, -0.25) is 9.69 Å². The largest absolute Gasteiger partial charge is 0.338 e. The molecule has 0 bridgehead atoms. The Morgan fingerprint density at radius 2 is 2.05 bits per heavy atom. The fraction of sp³-hybridized carbons (Fsp3) is 0.786. The molecule has 1 aliphatic rings. The van der Waals surface area contributed by atoms with Crippen molar-refractivity contribution in [2.24, 2.45) is 5.92 Å². The molecule has 6 heteroatoms. The molecule has 0 aromatic carbocycles. The number of hydrogen-bond donors (Lipinski definition) is 0. The highest BCUT2D eigenvalue weighted by molar-refractivity contribution is 5.82. The second kappa shape index (κ2) is 6.01. The van der Waals surface area contributed by atoms with Gasteiger partial charge in [-0.15, -0.1) is 0 Å². The van der Waals surface area contributed by atoms with E-state index in [0.29, 0.717) is 11.7 Å². The smallest absolute Gasteiger partial charge is 0.237 e. The Hall–Kier alpha value is -1.27. The zero-order valence-corrected chi connectivity index (χ0v) is 13.0. The first-order chi connectivity index (χ1) is 9.40. The van der Waals surface area contributed by atoms with Crippen LogP contribution in [0.4, 0.5) is 0 Å². The van der Waals surface area contributed by atoms with E-state index >= 15 is 0 Å². The van der Waals surface area contributed by atoms with Crippen LogP contribution < -0.4 is 0 Å². The summed E-state index contributed by atoms with van der Waals surface area (Å²) < 4.78 is 5.36. The summed E-state index contributed by atoms with van der Waals surface area (Å²) in [5, 5.41) is 4.10. The molecular formula is C14H24N4O2. The molecule has 20 heavy (non-hydrogen) atoms. The third-order valence-corrected chi connectivity index (χ3v) is 3.98. The minimum Gasteiger partial charge on any atom is -0.338 e. The van der Waals surface area contributed by atoms with Crippen molar-refractivity contribution in [3.63, 3.8) is 0 Å². The number of carbonyl (C=O) groups excluding carboxylic acids is 1. The standard InChI is InChI=1S/C14H24N4O2/c1-9(2)12(10(3)19)14-15-13(16-20-14)11-8-17(4)6-7-18(11)5/h9,11-12H,6-8H2,1-5H3. The van der Waals surface area contributed by atoms with Crippen LogP contribution in [0.25, 0.3) is 0 Å². The Bertz CT molecular complexity index is 471. The van der Waals surface area contributed by atoms with E-state index in [9.17, 15) is 4.79 Å². The van der Waals surface area contributed by atoms with Crippen molar-refractivity contribution in [3.8, 4) is 0 Å². The monoisotopic (exact) mass is 280 g/mol. The lowest BCUT2D eigenvalue weighted by Crippen LogP contribution is -2.45. The normalized spacial score (nSPS) is 23.2. The Kier molecular flexibility index (Phi) is 4.55. The number of piperazine rings is 1. The van der Waals surface area contributed by atoms with Gasteiger partial charge < -0.3 is 9.42 Å². The summed E-state index contributed by atoms with van der Waals surface area (Å²) in [6.45, 7) is 8.47. The lowest BCUT2D eigenvalue weighted by atomic mass is 9.92. The number of hydrogen-bond acceptors (Lipinski definition) is 6. The maximum absolute atomic E-state index is 11.7. The predicted octanol–water partition coefficient (Wildman–Crippen LogP) is 1.32. The van der Waals surface area contributed by atoms with Crippen LogP contribution in [0.15, 0.2) is 4.52 Å². The number of ketones is 1. The maximum Gasteiger partial charge on any atom is 0.237 e. The summed E-state index contributed by atoms with van der Waals surface area (Å²) in [4.78, 5) is 20.7. The van der Waals surface area contributed by atoms with Crippen LogP contribution in [0.3, 0.4) is 0 Å². The SMILES string of the molecule is CC(=O)C(c1nc(C2CN(C)CCN2C)no1)C(C)C. The number of carbonyl (C=O) groups is 1. The molecule has 0 radical (unpaired) electrons. The lowest BCUT2D eigenvalue weighted by molar-refractivity contribution is -0.119. The molecule has 0 saturated carbocycles. The number of aromatic nitrogens is 2. The molecular weight excluding hydrogens is 256 g/mol. The molecule has 112 valence electrons. The van der Waals surface area contributed by atoms with Crippen molar-refractivity contribution in [1.29, 1.82) is 0 Å². The van der Waals surface area contributed by atoms with E-state index in [1.807, 2.05) is 13.8 Å². The summed E-state index contributed by atoms with van der Waals surface area (Å²) in [6.07, 6.45) is 0. The first-order valence-corrected chi connectivity index (χ1v) is 7.13. The van der Waals surface area contributed by atoms with Gasteiger partial charge in [-0.2, -0.15) is 4.98 Å². The van der Waals surface area contributed by atoms with Crippen LogP contribution in [0, 0.1) is 5.92 Å². The van der Waals surface area contributed by atoms with Crippen LogP contribution in [-0.4, -0.2) is 59.5 Å². The summed E-state index contributed by atoms with van der Waals surface area (Å²) >= 11 is 0. The van der Waals surface area contributed by atoms with E-state index in [4.69, 9.17) is 4.52 Å². The van der Waals surface area contributed by atoms with Gasteiger partial charge in [-0.05, 0) is 26.9 Å². The summed E-state index contributed by atoms with van der Waals surface area (Å²) in [7, 11) is 4.16. The van der Waals surface area contributed by atoms with Gasteiger partial charge >= 0.3 is 0 Å². The fourth-order valence-electron chi connectivity index (χ4n) is 2.73. The van der Waals surface area contributed by atoms with Gasteiger partial charge in [-0.1, -0.05) is 19.0 Å². The summed E-state index contributed by atoms with van der Waals surface area (Å²) in [6, 6.07) is 0.131. The Balaban J connectivity index is 2.21. The van der Waals surface area contributed by atoms with Crippen molar-refractivity contribution in [3.05, 3.63) is 11.7 Å². The molecule has 0 spiro atoms. The van der Waals surface area contributed by atoms with Gasteiger partial charge in [0.15, 0.2) is 5.82 Å². The highest BCUT2D eigenvalue weighted by Gasteiger charge is 2.31. The quantitative estimate of drug-likeness (QED) is 0.829. The van der Waals surface area contributed by atoms with E-state index in [1.54, 1.807) is 6.92 Å². The third kappa shape index (κ3) is 3.07. The van der Waals surface area contributed by atoms with E-state index in [2.05, 4.69) is 34.0 Å². The van der Waals surface area contributed by atoms with E-state index in [-0.39, 0.29) is 23.7 Å². The molecule has 1 aromatic heterocycles. The predicted molar refractivity (Wildman–Crippen MR) is 75.4 cm³/mol. The maximum atomic E-state index is 11.7. The average Bonchev–Trinajstić information content (AvgIpc) is 2.80. The first kappa shape index (κ1) is 15.1. The van der Waals surface area contributed by atoms with Gasteiger partial charge in [0, 0.05) is 19.6 Å². The average molecular weight is 280 g/mol. The Labute approximate surface area is 120 Å². The topological polar surface area (TPSA) is 62.5 Å². The van der Waals surface area contributed by atoms with Gasteiger partial charge in [0.25, 0.3) is 0 Å². The zero-order valence-electron chi connectivity index (χ0n) is 13.0. The molecule has 1 aliphatic heterocycles. The molecule has 0 aliphatic carbocycles. The molecule has 1 aromatic rings. The number of Topliss-reactive ketones (excluding diaryl/α,β-unsaturated/α-hetero) is 1. The van der Waals surface area contributed by atoms with Crippen LogP contribution in [-0.2, 0) is 4.79 Å². The molecule has 2 unspecified atom stereocenters. The number of rotatable bonds is 4.